The molecule has 3 aromatic carbocycles. The van der Waals surface area contributed by atoms with Crippen molar-refractivity contribution in [1.82, 2.24) is 14.8 Å². The van der Waals surface area contributed by atoms with Crippen molar-refractivity contribution in [2.75, 3.05) is 39.3 Å². The predicted octanol–water partition coefficient (Wildman–Crippen LogP) is 5.81. The van der Waals surface area contributed by atoms with Crippen molar-refractivity contribution in [3.05, 3.63) is 106 Å². The normalized spacial score (nSPS) is 17.6. The molecule has 214 valence electrons. The lowest BCUT2D eigenvalue weighted by molar-refractivity contribution is -0.141. The average Bonchev–Trinajstić information content (AvgIpc) is 3.13. The fraction of sp³-hybridized carbons (Fsp3) is 0.364. The zero-order valence-corrected chi connectivity index (χ0v) is 23.1. The van der Waals surface area contributed by atoms with Crippen LogP contribution in [0.25, 0.3) is 10.9 Å². The van der Waals surface area contributed by atoms with Crippen molar-refractivity contribution in [3.8, 4) is 5.75 Å². The minimum absolute atomic E-state index is 0.0448. The monoisotopic (exact) mass is 561 g/mol. The Balaban J connectivity index is 1.10. The predicted molar refractivity (Wildman–Crippen MR) is 153 cm³/mol. The topological polar surface area (TPSA) is 48.8 Å². The Morgan fingerprint density at radius 3 is 2.17 bits per heavy atom. The van der Waals surface area contributed by atoms with Gasteiger partial charge in [0.1, 0.15) is 24.2 Å². The van der Waals surface area contributed by atoms with E-state index in [0.29, 0.717) is 23.2 Å². The fourth-order valence-corrected chi connectivity index (χ4v) is 6.34. The molecule has 1 aromatic heterocycles. The number of β-amino-alcohol motifs (C(OH)–C–C–N with tert-alkyl or cyclic N) is 1. The number of aliphatic hydroxyl groups excluding tert-OH is 1. The van der Waals surface area contributed by atoms with E-state index in [2.05, 4.69) is 63.3 Å². The molecule has 0 spiro atoms. The summed E-state index contributed by atoms with van der Waals surface area (Å²) in [5.41, 5.74) is 5.35. The van der Waals surface area contributed by atoms with Gasteiger partial charge in [0.25, 0.3) is 0 Å². The molecule has 0 bridgehead atoms. The molecule has 2 aliphatic rings. The first-order valence-electron chi connectivity index (χ1n) is 14.2. The molecule has 1 aliphatic carbocycles. The Bertz CT molecular complexity index is 1480. The van der Waals surface area contributed by atoms with Crippen LogP contribution in [0.3, 0.4) is 0 Å². The van der Waals surface area contributed by atoms with Crippen LogP contribution in [0.15, 0.2) is 72.8 Å². The van der Waals surface area contributed by atoms with Crippen molar-refractivity contribution in [3.63, 3.8) is 0 Å². The van der Waals surface area contributed by atoms with Gasteiger partial charge in [0.05, 0.1) is 11.6 Å². The number of benzene rings is 3. The van der Waals surface area contributed by atoms with Crippen molar-refractivity contribution >= 4 is 10.9 Å². The van der Waals surface area contributed by atoms with E-state index in [0.717, 1.165) is 45.1 Å². The second kappa shape index (κ2) is 11.4. The van der Waals surface area contributed by atoms with Gasteiger partial charge in [-0.15, -0.1) is 0 Å². The van der Waals surface area contributed by atoms with E-state index in [1.165, 1.54) is 22.3 Å². The molecular weight excluding hydrogens is 527 g/mol. The van der Waals surface area contributed by atoms with E-state index < -0.39 is 18.0 Å². The van der Waals surface area contributed by atoms with Gasteiger partial charge in [-0.1, -0.05) is 54.6 Å². The van der Waals surface area contributed by atoms with Gasteiger partial charge >= 0.3 is 6.18 Å². The van der Waals surface area contributed by atoms with Crippen molar-refractivity contribution in [2.24, 2.45) is 0 Å². The van der Waals surface area contributed by atoms with Gasteiger partial charge in [-0.05, 0) is 65.8 Å². The molecule has 1 saturated heterocycles. The van der Waals surface area contributed by atoms with Gasteiger partial charge < -0.3 is 9.84 Å². The molecular formula is C33H34F3N3O2. The van der Waals surface area contributed by atoms with Crippen molar-refractivity contribution in [2.45, 2.75) is 38.1 Å². The highest BCUT2D eigenvalue weighted by Crippen LogP contribution is 2.37. The lowest BCUT2D eigenvalue weighted by atomic mass is 9.92. The molecule has 1 fully saturated rings. The van der Waals surface area contributed by atoms with E-state index >= 15 is 0 Å². The van der Waals surface area contributed by atoms with Crippen LogP contribution in [0.5, 0.6) is 5.75 Å². The second-order valence-corrected chi connectivity index (χ2v) is 11.1. The second-order valence-electron chi connectivity index (χ2n) is 11.1. The number of pyridine rings is 1. The maximum Gasteiger partial charge on any atom is 0.433 e. The standard InChI is InChI=1S/C33H34F3N3O2/c1-22-19-30(33(34,35)36)37-28-11-6-12-29(31(22)28)41-21-25(40)20-38-15-17-39(18-16-38)32-26-9-4-2-7-23(26)13-14-24-8-3-5-10-27(24)32/h2-12,19,25,32,40H,13-18,20-21H2,1H3. The number of alkyl halides is 3. The fourth-order valence-electron chi connectivity index (χ4n) is 6.34. The molecule has 41 heavy (non-hydrogen) atoms. The first-order chi connectivity index (χ1) is 19.8. The summed E-state index contributed by atoms with van der Waals surface area (Å²) in [5.74, 6) is 0.427. The smallest absolute Gasteiger partial charge is 0.433 e. The van der Waals surface area contributed by atoms with Crippen LogP contribution in [0.1, 0.15) is 39.6 Å². The summed E-state index contributed by atoms with van der Waals surface area (Å²) < 4.78 is 45.6. The van der Waals surface area contributed by atoms with Gasteiger partial charge in [0.15, 0.2) is 0 Å². The summed E-state index contributed by atoms with van der Waals surface area (Å²) in [6, 6.07) is 23.7. The third-order valence-electron chi connectivity index (χ3n) is 8.32. The minimum atomic E-state index is -4.51. The lowest BCUT2D eigenvalue weighted by Gasteiger charge is -2.40. The van der Waals surface area contributed by atoms with Gasteiger partial charge in [-0.3, -0.25) is 9.80 Å². The molecule has 0 amide bonds. The number of hydrogen-bond donors (Lipinski definition) is 1. The summed E-state index contributed by atoms with van der Waals surface area (Å²) in [4.78, 5) is 8.60. The van der Waals surface area contributed by atoms with E-state index in [1.54, 1.807) is 25.1 Å². The Kier molecular flexibility index (Phi) is 7.72. The zero-order valence-electron chi connectivity index (χ0n) is 23.1. The first kappa shape index (κ1) is 27.7. The highest BCUT2D eigenvalue weighted by atomic mass is 19.4. The third-order valence-corrected chi connectivity index (χ3v) is 8.32. The molecule has 1 N–H and O–H groups in total. The summed E-state index contributed by atoms with van der Waals surface area (Å²) in [5, 5.41) is 11.4. The molecule has 2 heterocycles. The number of hydrogen-bond acceptors (Lipinski definition) is 5. The van der Waals surface area contributed by atoms with Gasteiger partial charge in [0, 0.05) is 38.1 Å². The molecule has 1 aliphatic heterocycles. The SMILES string of the molecule is Cc1cc(C(F)(F)F)nc2cccc(OCC(O)CN3CCN(C4c5ccccc5CCc5ccccc54)CC3)c12. The van der Waals surface area contributed by atoms with Crippen LogP contribution in [-0.2, 0) is 19.0 Å². The third kappa shape index (κ3) is 5.82. The molecule has 8 heteroatoms. The van der Waals surface area contributed by atoms with E-state index in [1.807, 2.05) is 0 Å². The summed E-state index contributed by atoms with van der Waals surface area (Å²) in [7, 11) is 0. The Morgan fingerprint density at radius 1 is 0.902 bits per heavy atom. The molecule has 5 nitrogen and oxygen atoms in total. The molecule has 1 unspecified atom stereocenters. The van der Waals surface area contributed by atoms with E-state index in [-0.39, 0.29) is 18.2 Å². The van der Waals surface area contributed by atoms with Crippen LogP contribution < -0.4 is 4.74 Å². The Hall–Kier alpha value is -3.46. The average molecular weight is 562 g/mol. The summed E-state index contributed by atoms with van der Waals surface area (Å²) in [6.07, 6.45) is -3.16. The van der Waals surface area contributed by atoms with Crippen LogP contribution in [0.4, 0.5) is 13.2 Å². The number of rotatable bonds is 6. The molecule has 0 saturated carbocycles. The number of aryl methyl sites for hydroxylation is 3. The van der Waals surface area contributed by atoms with Crippen LogP contribution in [0, 0.1) is 6.92 Å². The highest BCUT2D eigenvalue weighted by Gasteiger charge is 2.34. The van der Waals surface area contributed by atoms with E-state index in [9.17, 15) is 18.3 Å². The Labute approximate surface area is 238 Å². The number of fused-ring (bicyclic) bond motifs is 3. The highest BCUT2D eigenvalue weighted by molar-refractivity contribution is 5.88. The molecule has 4 aromatic rings. The van der Waals surface area contributed by atoms with Crippen molar-refractivity contribution < 1.29 is 23.0 Å². The number of ether oxygens (including phenoxy) is 1. The van der Waals surface area contributed by atoms with Crippen LogP contribution in [0.2, 0.25) is 0 Å². The number of aliphatic hydroxyl groups is 1. The Morgan fingerprint density at radius 2 is 1.54 bits per heavy atom. The van der Waals surface area contributed by atoms with Crippen molar-refractivity contribution in [1.29, 1.82) is 0 Å². The molecule has 1 atom stereocenters. The zero-order chi connectivity index (χ0) is 28.6. The maximum absolute atomic E-state index is 13.2. The van der Waals surface area contributed by atoms with Gasteiger partial charge in [-0.2, -0.15) is 13.2 Å². The maximum atomic E-state index is 13.2. The molecule has 6 rings (SSSR count). The van der Waals surface area contributed by atoms with E-state index in [4.69, 9.17) is 4.74 Å². The summed E-state index contributed by atoms with van der Waals surface area (Å²) >= 11 is 0. The van der Waals surface area contributed by atoms with Gasteiger partial charge in [-0.25, -0.2) is 4.98 Å². The number of halogens is 3. The van der Waals surface area contributed by atoms with Crippen LogP contribution in [-0.4, -0.2) is 65.3 Å². The number of piperazine rings is 1. The first-order valence-corrected chi connectivity index (χ1v) is 14.2. The number of nitrogens with zero attached hydrogens (tertiary/aromatic N) is 3. The lowest BCUT2D eigenvalue weighted by Crippen LogP contribution is -2.50. The largest absolute Gasteiger partial charge is 0.490 e. The quantitative estimate of drug-likeness (QED) is 0.322. The summed E-state index contributed by atoms with van der Waals surface area (Å²) in [6.45, 7) is 5.56. The van der Waals surface area contributed by atoms with Gasteiger partial charge in [0.2, 0.25) is 0 Å². The minimum Gasteiger partial charge on any atom is -0.490 e. The molecule has 0 radical (unpaired) electrons. The number of aromatic nitrogens is 1. The van der Waals surface area contributed by atoms with Crippen LogP contribution >= 0.6 is 0 Å².